The van der Waals surface area contributed by atoms with Gasteiger partial charge in [0, 0.05) is 11.4 Å². The van der Waals surface area contributed by atoms with Crippen LogP contribution in [0.25, 0.3) is 0 Å². The van der Waals surface area contributed by atoms with Gasteiger partial charge in [0.15, 0.2) is 6.04 Å². The fraction of sp³-hybridized carbons (Fsp3) is 0.545. The normalized spacial score (nSPS) is 16.1. The Kier molecular flexibility index (Phi) is 5.29. The minimum absolute atomic E-state index is 0.481. The summed E-state index contributed by atoms with van der Waals surface area (Å²) in [5.41, 5.74) is -0.613. The van der Waals surface area contributed by atoms with Crippen molar-refractivity contribution in [1.82, 2.24) is 9.71 Å². The topological polar surface area (TPSA) is 48.0 Å². The summed E-state index contributed by atoms with van der Waals surface area (Å²) < 4.78 is 64.9. The van der Waals surface area contributed by atoms with E-state index in [1.54, 1.807) is 0 Å². The van der Waals surface area contributed by atoms with Crippen LogP contribution in [0.4, 0.5) is 17.6 Å². The average Bonchev–Trinajstić information content (AvgIpc) is 2.23. The molecule has 0 fully saturated rings. The number of nitrogens with zero attached hydrogens (tertiary/aromatic N) is 1. The first kappa shape index (κ1) is 17.5. The third kappa shape index (κ3) is 4.47. The minimum Gasteiger partial charge on any atom is -0.598 e. The highest BCUT2D eigenvalue weighted by molar-refractivity contribution is 7.90. The molecule has 2 unspecified atom stereocenters. The molecule has 1 heterocycles. The highest BCUT2D eigenvalue weighted by Gasteiger charge is 2.47. The molecule has 0 aromatic carbocycles. The van der Waals surface area contributed by atoms with Crippen LogP contribution in [-0.4, -0.2) is 20.5 Å². The van der Waals surface area contributed by atoms with Crippen molar-refractivity contribution >= 4 is 23.0 Å². The number of hydrogen-bond acceptors (Lipinski definition) is 3. The van der Waals surface area contributed by atoms with Crippen LogP contribution in [0.15, 0.2) is 12.3 Å². The molecule has 0 amide bonds. The summed E-state index contributed by atoms with van der Waals surface area (Å²) in [7, 11) is 0. The zero-order valence-corrected chi connectivity index (χ0v) is 12.5. The van der Waals surface area contributed by atoms with Crippen molar-refractivity contribution in [3.63, 3.8) is 0 Å². The molecule has 1 rings (SSSR count). The van der Waals surface area contributed by atoms with Crippen LogP contribution in [0.5, 0.6) is 0 Å². The molecule has 1 aromatic rings. The fourth-order valence-electron chi connectivity index (χ4n) is 1.20. The van der Waals surface area contributed by atoms with Gasteiger partial charge in [-0.2, -0.15) is 13.2 Å². The van der Waals surface area contributed by atoms with Crippen LogP contribution < -0.4 is 4.72 Å². The SMILES string of the molecule is CC(C)(C)[S+]([O-])NC(c1ncc(F)cc1Cl)C(F)(F)F. The van der Waals surface area contributed by atoms with Crippen molar-refractivity contribution in [3.05, 3.63) is 28.8 Å². The molecule has 0 spiro atoms. The number of hydrogen-bond donors (Lipinski definition) is 1. The summed E-state index contributed by atoms with van der Waals surface area (Å²) in [4.78, 5) is 3.36. The predicted octanol–water partition coefficient (Wildman–Crippen LogP) is 3.53. The highest BCUT2D eigenvalue weighted by atomic mass is 35.5. The minimum atomic E-state index is -4.77. The summed E-state index contributed by atoms with van der Waals surface area (Å²) in [6.45, 7) is 4.55. The van der Waals surface area contributed by atoms with Crippen molar-refractivity contribution in [1.29, 1.82) is 0 Å². The van der Waals surface area contributed by atoms with Crippen LogP contribution in [0.2, 0.25) is 5.02 Å². The van der Waals surface area contributed by atoms with Gasteiger partial charge in [0.2, 0.25) is 0 Å². The van der Waals surface area contributed by atoms with Crippen LogP contribution in [0.3, 0.4) is 0 Å². The first-order valence-corrected chi connectivity index (χ1v) is 7.01. The average molecular weight is 333 g/mol. The summed E-state index contributed by atoms with van der Waals surface area (Å²) in [6, 6.07) is -1.61. The number of alkyl halides is 3. The summed E-state index contributed by atoms with van der Waals surface area (Å²) in [6.07, 6.45) is -4.14. The predicted molar refractivity (Wildman–Crippen MR) is 69.0 cm³/mol. The van der Waals surface area contributed by atoms with Crippen molar-refractivity contribution in [2.24, 2.45) is 0 Å². The number of aromatic nitrogens is 1. The second-order valence-electron chi connectivity index (χ2n) is 4.99. The van der Waals surface area contributed by atoms with Crippen molar-refractivity contribution in [2.45, 2.75) is 37.7 Å². The largest absolute Gasteiger partial charge is 0.598 e. The van der Waals surface area contributed by atoms with E-state index in [4.69, 9.17) is 11.6 Å². The van der Waals surface area contributed by atoms with Crippen molar-refractivity contribution < 1.29 is 22.1 Å². The van der Waals surface area contributed by atoms with Gasteiger partial charge in [0.1, 0.15) is 10.6 Å². The zero-order chi connectivity index (χ0) is 15.7. The third-order valence-corrected chi connectivity index (χ3v) is 4.08. The van der Waals surface area contributed by atoms with Gasteiger partial charge in [-0.15, -0.1) is 4.72 Å². The Morgan fingerprint density at radius 1 is 1.35 bits per heavy atom. The molecule has 0 radical (unpaired) electrons. The van der Waals surface area contributed by atoms with E-state index in [1.807, 2.05) is 4.72 Å². The van der Waals surface area contributed by atoms with Crippen LogP contribution in [-0.2, 0) is 11.4 Å². The molecular weight excluding hydrogens is 320 g/mol. The summed E-state index contributed by atoms with van der Waals surface area (Å²) in [5.74, 6) is -0.850. The number of pyridine rings is 1. The Hall–Kier alpha value is -0.570. The van der Waals surface area contributed by atoms with Gasteiger partial charge in [-0.3, -0.25) is 4.98 Å². The molecule has 0 saturated carbocycles. The van der Waals surface area contributed by atoms with E-state index < -0.39 is 44.9 Å². The zero-order valence-electron chi connectivity index (χ0n) is 10.9. The summed E-state index contributed by atoms with van der Waals surface area (Å²) in [5, 5.41) is -0.481. The Bertz CT molecular complexity index is 478. The fourth-order valence-corrected chi connectivity index (χ4v) is 2.27. The van der Waals surface area contributed by atoms with E-state index in [0.717, 1.165) is 6.07 Å². The van der Waals surface area contributed by atoms with Gasteiger partial charge in [-0.25, -0.2) is 4.39 Å². The van der Waals surface area contributed by atoms with Gasteiger partial charge >= 0.3 is 6.18 Å². The number of halogens is 5. The van der Waals surface area contributed by atoms with Gasteiger partial charge in [-0.05, 0) is 26.8 Å². The molecule has 2 atom stereocenters. The molecular formula is C11H13ClF4N2OS. The molecule has 9 heteroatoms. The molecule has 1 N–H and O–H groups in total. The van der Waals surface area contributed by atoms with E-state index in [2.05, 4.69) is 4.98 Å². The van der Waals surface area contributed by atoms with E-state index in [-0.39, 0.29) is 0 Å². The van der Waals surface area contributed by atoms with E-state index >= 15 is 0 Å². The standard InChI is InChI=1S/C11H13ClF4N2OS/c1-10(2,3)20(19)18-9(11(14,15)16)8-7(12)4-6(13)5-17-8/h4-5,9,18H,1-3H3. The van der Waals surface area contributed by atoms with Crippen LogP contribution >= 0.6 is 11.6 Å². The molecule has 20 heavy (non-hydrogen) atoms. The molecule has 0 aliphatic rings. The smallest absolute Gasteiger partial charge is 0.413 e. The van der Waals surface area contributed by atoms with Gasteiger partial charge in [-0.1, -0.05) is 11.6 Å². The Labute approximate surface area is 122 Å². The van der Waals surface area contributed by atoms with E-state index in [1.165, 1.54) is 20.8 Å². The molecule has 1 aromatic heterocycles. The lowest BCUT2D eigenvalue weighted by molar-refractivity contribution is -0.153. The van der Waals surface area contributed by atoms with Crippen molar-refractivity contribution in [2.75, 3.05) is 0 Å². The van der Waals surface area contributed by atoms with Gasteiger partial charge in [0.05, 0.1) is 16.9 Å². The molecule has 0 aliphatic heterocycles. The second-order valence-corrected chi connectivity index (χ2v) is 7.40. The van der Waals surface area contributed by atoms with Gasteiger partial charge < -0.3 is 4.55 Å². The van der Waals surface area contributed by atoms with E-state index in [0.29, 0.717) is 6.20 Å². The Morgan fingerprint density at radius 2 is 1.90 bits per heavy atom. The third-order valence-electron chi connectivity index (χ3n) is 2.22. The van der Waals surface area contributed by atoms with E-state index in [9.17, 15) is 22.1 Å². The Morgan fingerprint density at radius 3 is 2.30 bits per heavy atom. The lowest BCUT2D eigenvalue weighted by atomic mass is 10.2. The lowest BCUT2D eigenvalue weighted by Crippen LogP contribution is -2.46. The Balaban J connectivity index is 3.14. The lowest BCUT2D eigenvalue weighted by Gasteiger charge is -2.28. The van der Waals surface area contributed by atoms with Crippen LogP contribution in [0.1, 0.15) is 32.5 Å². The van der Waals surface area contributed by atoms with Gasteiger partial charge in [0.25, 0.3) is 0 Å². The maximum Gasteiger partial charge on any atom is 0.413 e. The maximum absolute atomic E-state index is 13.0. The molecule has 0 bridgehead atoms. The second kappa shape index (κ2) is 6.05. The highest BCUT2D eigenvalue weighted by Crippen LogP contribution is 2.36. The molecule has 114 valence electrons. The number of rotatable bonds is 3. The monoisotopic (exact) mass is 332 g/mol. The molecule has 0 saturated heterocycles. The quantitative estimate of drug-likeness (QED) is 0.680. The van der Waals surface area contributed by atoms with Crippen molar-refractivity contribution in [3.8, 4) is 0 Å². The molecule has 0 aliphatic carbocycles. The first-order chi connectivity index (χ1) is 8.93. The maximum atomic E-state index is 13.0. The summed E-state index contributed by atoms with van der Waals surface area (Å²) >= 11 is 3.60. The number of nitrogens with one attached hydrogen (secondary N) is 1. The van der Waals surface area contributed by atoms with Crippen LogP contribution in [0, 0.1) is 5.82 Å². The molecule has 3 nitrogen and oxygen atoms in total. The first-order valence-electron chi connectivity index (χ1n) is 5.48.